The molecule has 0 aromatic heterocycles. The van der Waals surface area contributed by atoms with Crippen LogP contribution < -0.4 is 27.3 Å². The number of amides is 1. The van der Waals surface area contributed by atoms with Crippen molar-refractivity contribution in [2.75, 3.05) is 12.5 Å². The van der Waals surface area contributed by atoms with Gasteiger partial charge in [-0.25, -0.2) is 5.84 Å². The maximum absolute atomic E-state index is 11.3. The molecule has 0 radical (unpaired) electrons. The van der Waals surface area contributed by atoms with Crippen molar-refractivity contribution >= 4 is 11.6 Å². The highest BCUT2D eigenvalue weighted by Gasteiger charge is 2.11. The topological polar surface area (TPSA) is 102 Å². The molecule has 0 spiro atoms. The SMILES string of the molecule is COc1ccc(NN)cc1C(=O)NN. The summed E-state index contributed by atoms with van der Waals surface area (Å²) in [7, 11) is 1.47. The van der Waals surface area contributed by atoms with E-state index in [4.69, 9.17) is 16.4 Å². The summed E-state index contributed by atoms with van der Waals surface area (Å²) in [5, 5.41) is 0. The van der Waals surface area contributed by atoms with Crippen molar-refractivity contribution in [2.24, 2.45) is 11.7 Å². The average Bonchev–Trinajstić information content (AvgIpc) is 2.27. The number of hydrazine groups is 2. The first kappa shape index (κ1) is 10.3. The van der Waals surface area contributed by atoms with Crippen molar-refractivity contribution in [1.82, 2.24) is 5.43 Å². The van der Waals surface area contributed by atoms with Gasteiger partial charge in [0.1, 0.15) is 5.75 Å². The Morgan fingerprint density at radius 3 is 2.64 bits per heavy atom. The Kier molecular flexibility index (Phi) is 3.27. The zero-order valence-electron chi connectivity index (χ0n) is 7.70. The molecule has 0 heterocycles. The highest BCUT2D eigenvalue weighted by molar-refractivity contribution is 5.97. The smallest absolute Gasteiger partial charge is 0.269 e. The number of hydrogen-bond donors (Lipinski definition) is 4. The second-order valence-electron chi connectivity index (χ2n) is 2.53. The molecular formula is C8H12N4O2. The molecule has 0 bridgehead atoms. The predicted molar refractivity (Wildman–Crippen MR) is 52.5 cm³/mol. The Balaban J connectivity index is 3.14. The number of rotatable bonds is 3. The van der Waals surface area contributed by atoms with Crippen molar-refractivity contribution in [3.8, 4) is 5.75 Å². The average molecular weight is 196 g/mol. The van der Waals surface area contributed by atoms with E-state index in [1.54, 1.807) is 18.2 Å². The van der Waals surface area contributed by atoms with Crippen molar-refractivity contribution in [1.29, 1.82) is 0 Å². The molecular weight excluding hydrogens is 184 g/mol. The van der Waals surface area contributed by atoms with Gasteiger partial charge in [-0.2, -0.15) is 0 Å². The summed E-state index contributed by atoms with van der Waals surface area (Å²) in [5.41, 5.74) is 5.37. The first-order valence-corrected chi connectivity index (χ1v) is 3.88. The van der Waals surface area contributed by atoms with Gasteiger partial charge in [-0.05, 0) is 18.2 Å². The van der Waals surface area contributed by atoms with E-state index in [-0.39, 0.29) is 0 Å². The zero-order valence-corrected chi connectivity index (χ0v) is 7.70. The van der Waals surface area contributed by atoms with Crippen LogP contribution >= 0.6 is 0 Å². The lowest BCUT2D eigenvalue weighted by molar-refractivity contribution is 0.0950. The number of nitrogen functional groups attached to an aromatic ring is 2. The van der Waals surface area contributed by atoms with E-state index < -0.39 is 5.91 Å². The van der Waals surface area contributed by atoms with Gasteiger partial charge >= 0.3 is 0 Å². The summed E-state index contributed by atoms with van der Waals surface area (Å²) >= 11 is 0. The fraction of sp³-hybridized carbons (Fsp3) is 0.125. The van der Waals surface area contributed by atoms with Crippen LogP contribution in [0.4, 0.5) is 5.69 Å². The van der Waals surface area contributed by atoms with Gasteiger partial charge in [-0.15, -0.1) is 0 Å². The third-order valence-electron chi connectivity index (χ3n) is 1.74. The molecule has 0 unspecified atom stereocenters. The lowest BCUT2D eigenvalue weighted by atomic mass is 10.1. The highest BCUT2D eigenvalue weighted by Crippen LogP contribution is 2.21. The van der Waals surface area contributed by atoms with E-state index in [2.05, 4.69) is 5.43 Å². The summed E-state index contributed by atoms with van der Waals surface area (Å²) in [6, 6.07) is 4.85. The molecule has 0 atom stereocenters. The summed E-state index contributed by atoms with van der Waals surface area (Å²) in [5.74, 6) is 10.2. The molecule has 1 aromatic carbocycles. The van der Waals surface area contributed by atoms with Crippen LogP contribution in [-0.2, 0) is 0 Å². The van der Waals surface area contributed by atoms with Crippen LogP contribution in [0.1, 0.15) is 10.4 Å². The van der Waals surface area contributed by atoms with Crippen molar-refractivity contribution in [2.45, 2.75) is 0 Å². The lowest BCUT2D eigenvalue weighted by Crippen LogP contribution is -2.30. The molecule has 1 amide bonds. The Labute approximate surface area is 81.2 Å². The molecule has 0 aliphatic rings. The summed E-state index contributed by atoms with van der Waals surface area (Å²) in [6.07, 6.45) is 0. The number of hydrogen-bond acceptors (Lipinski definition) is 5. The Bertz CT molecular complexity index is 340. The van der Waals surface area contributed by atoms with E-state index >= 15 is 0 Å². The van der Waals surface area contributed by atoms with Gasteiger partial charge in [0, 0.05) is 5.69 Å². The molecule has 0 saturated carbocycles. The highest BCUT2D eigenvalue weighted by atomic mass is 16.5. The molecule has 14 heavy (non-hydrogen) atoms. The molecule has 6 N–H and O–H groups in total. The normalized spacial score (nSPS) is 9.36. The fourth-order valence-corrected chi connectivity index (χ4v) is 1.05. The summed E-state index contributed by atoms with van der Waals surface area (Å²) < 4.78 is 4.98. The van der Waals surface area contributed by atoms with Gasteiger partial charge in [0.15, 0.2) is 0 Å². The maximum Gasteiger partial charge on any atom is 0.269 e. The van der Waals surface area contributed by atoms with Crippen molar-refractivity contribution in [3.05, 3.63) is 23.8 Å². The molecule has 1 rings (SSSR count). The Morgan fingerprint density at radius 1 is 1.43 bits per heavy atom. The Hall–Kier alpha value is -1.79. The molecule has 6 nitrogen and oxygen atoms in total. The molecule has 0 aliphatic heterocycles. The largest absolute Gasteiger partial charge is 0.496 e. The third-order valence-corrected chi connectivity index (χ3v) is 1.74. The second-order valence-corrected chi connectivity index (χ2v) is 2.53. The number of ether oxygens (including phenoxy) is 1. The molecule has 1 aromatic rings. The lowest BCUT2D eigenvalue weighted by Gasteiger charge is -2.08. The minimum absolute atomic E-state index is 0.324. The second kappa shape index (κ2) is 4.45. The molecule has 0 aliphatic carbocycles. The van der Waals surface area contributed by atoms with Crippen LogP contribution in [0, 0.1) is 0 Å². The third kappa shape index (κ3) is 1.93. The number of carbonyl (C=O) groups is 1. The molecule has 0 saturated heterocycles. The maximum atomic E-state index is 11.3. The first-order valence-electron chi connectivity index (χ1n) is 3.88. The zero-order chi connectivity index (χ0) is 10.6. The van der Waals surface area contributed by atoms with Crippen LogP contribution in [0.3, 0.4) is 0 Å². The van der Waals surface area contributed by atoms with Crippen LogP contribution in [0.2, 0.25) is 0 Å². The minimum atomic E-state index is -0.432. The van der Waals surface area contributed by atoms with Crippen molar-refractivity contribution < 1.29 is 9.53 Å². The number of methoxy groups -OCH3 is 1. The minimum Gasteiger partial charge on any atom is -0.496 e. The number of nitrogens with two attached hydrogens (primary N) is 2. The van der Waals surface area contributed by atoms with Crippen molar-refractivity contribution in [3.63, 3.8) is 0 Å². The molecule has 0 fully saturated rings. The number of nitrogens with one attached hydrogen (secondary N) is 2. The van der Waals surface area contributed by atoms with E-state index in [1.807, 2.05) is 5.43 Å². The van der Waals surface area contributed by atoms with Crippen LogP contribution in [0.5, 0.6) is 5.75 Å². The number of benzene rings is 1. The number of carbonyl (C=O) groups excluding carboxylic acids is 1. The van der Waals surface area contributed by atoms with Crippen LogP contribution in [0.25, 0.3) is 0 Å². The monoisotopic (exact) mass is 196 g/mol. The Morgan fingerprint density at radius 2 is 2.14 bits per heavy atom. The van der Waals surface area contributed by atoms with Gasteiger partial charge in [0.25, 0.3) is 5.91 Å². The standard InChI is InChI=1S/C8H12N4O2/c1-14-7-3-2-5(11-9)4-6(7)8(13)12-10/h2-4,11H,9-10H2,1H3,(H,12,13). The van der Waals surface area contributed by atoms with E-state index in [0.29, 0.717) is 17.0 Å². The van der Waals surface area contributed by atoms with Gasteiger partial charge in [0.05, 0.1) is 12.7 Å². The van der Waals surface area contributed by atoms with E-state index in [0.717, 1.165) is 0 Å². The van der Waals surface area contributed by atoms with Gasteiger partial charge in [-0.1, -0.05) is 0 Å². The summed E-state index contributed by atoms with van der Waals surface area (Å²) in [4.78, 5) is 11.3. The van der Waals surface area contributed by atoms with E-state index in [9.17, 15) is 4.79 Å². The predicted octanol–water partition coefficient (Wildman–Crippen LogP) is -0.416. The fourth-order valence-electron chi connectivity index (χ4n) is 1.05. The van der Waals surface area contributed by atoms with Gasteiger partial charge in [0.2, 0.25) is 0 Å². The van der Waals surface area contributed by atoms with Gasteiger partial charge < -0.3 is 10.2 Å². The molecule has 6 heteroatoms. The van der Waals surface area contributed by atoms with Crippen LogP contribution in [0.15, 0.2) is 18.2 Å². The van der Waals surface area contributed by atoms with Gasteiger partial charge in [-0.3, -0.25) is 16.1 Å². The van der Waals surface area contributed by atoms with E-state index in [1.165, 1.54) is 7.11 Å². The number of anilines is 1. The van der Waals surface area contributed by atoms with Crippen LogP contribution in [-0.4, -0.2) is 13.0 Å². The quantitative estimate of drug-likeness (QED) is 0.299. The summed E-state index contributed by atoms with van der Waals surface area (Å²) in [6.45, 7) is 0. The molecule has 76 valence electrons. The first-order chi connectivity index (χ1) is 6.72.